The van der Waals surface area contributed by atoms with E-state index in [0.717, 1.165) is 28.8 Å². The number of aromatic nitrogens is 1. The molecule has 0 atom stereocenters. The zero-order valence-corrected chi connectivity index (χ0v) is 13.8. The van der Waals surface area contributed by atoms with Crippen LogP contribution in [0, 0.1) is 0 Å². The minimum absolute atomic E-state index is 0.490. The van der Waals surface area contributed by atoms with Crippen LogP contribution < -0.4 is 0 Å². The molecule has 6 heteroatoms. The number of nitrogens with zero attached hydrogens (tertiary/aromatic N) is 1. The summed E-state index contributed by atoms with van der Waals surface area (Å²) < 4.78 is 39.8. The Morgan fingerprint density at radius 1 is 0.833 bits per heavy atom. The van der Waals surface area contributed by atoms with Gasteiger partial charge in [0, 0.05) is 18.9 Å². The van der Waals surface area contributed by atoms with E-state index in [-0.39, 0.29) is 0 Å². The molecule has 0 aliphatic heterocycles. The number of alkyl halides is 3. The van der Waals surface area contributed by atoms with Crippen LogP contribution in [0.15, 0.2) is 60.9 Å². The van der Waals surface area contributed by atoms with Crippen LogP contribution in [0.1, 0.15) is 11.1 Å². The van der Waals surface area contributed by atoms with Gasteiger partial charge in [0.1, 0.15) is 0 Å². The normalized spacial score (nSPS) is 11.7. The Bertz CT molecular complexity index is 851. The lowest BCUT2D eigenvalue weighted by atomic mass is 10.1. The first-order chi connectivity index (χ1) is 11.3. The molecule has 0 amide bonds. The molecule has 124 valence electrons. The smallest absolute Gasteiger partial charge is 0.349 e. The van der Waals surface area contributed by atoms with Crippen molar-refractivity contribution < 1.29 is 13.2 Å². The average Bonchev–Trinajstić information content (AvgIpc) is 2.99. The molecular weight excluding hydrogens is 358 g/mol. The lowest BCUT2D eigenvalue weighted by Crippen LogP contribution is -2.03. The summed E-state index contributed by atoms with van der Waals surface area (Å²) in [4.78, 5) is 0. The highest BCUT2D eigenvalue weighted by Crippen LogP contribution is 2.31. The summed E-state index contributed by atoms with van der Waals surface area (Å²) in [5.41, 5.74) is 1.92. The molecule has 0 bridgehead atoms. The second-order valence-electron chi connectivity index (χ2n) is 5.40. The van der Waals surface area contributed by atoms with Crippen molar-refractivity contribution >= 4 is 23.2 Å². The van der Waals surface area contributed by atoms with Crippen LogP contribution in [0.25, 0.3) is 11.1 Å². The molecule has 0 N–H and O–H groups in total. The van der Waals surface area contributed by atoms with Gasteiger partial charge in [-0.1, -0.05) is 41.4 Å². The van der Waals surface area contributed by atoms with Crippen LogP contribution >= 0.6 is 23.2 Å². The van der Waals surface area contributed by atoms with E-state index >= 15 is 0 Å². The Morgan fingerprint density at radius 3 is 2.17 bits per heavy atom. The molecule has 0 aliphatic carbocycles. The van der Waals surface area contributed by atoms with Crippen LogP contribution in [0.2, 0.25) is 10.0 Å². The van der Waals surface area contributed by atoms with Crippen LogP contribution in [0.4, 0.5) is 13.2 Å². The third-order valence-corrected chi connectivity index (χ3v) is 4.38. The van der Waals surface area contributed by atoms with Crippen LogP contribution in [-0.4, -0.2) is 4.57 Å². The van der Waals surface area contributed by atoms with Crippen molar-refractivity contribution in [1.82, 2.24) is 4.57 Å². The lowest BCUT2D eigenvalue weighted by Gasteiger charge is -2.07. The number of hydrogen-bond acceptors (Lipinski definition) is 0. The van der Waals surface area contributed by atoms with Gasteiger partial charge in [-0.15, -0.1) is 0 Å². The van der Waals surface area contributed by atoms with E-state index in [2.05, 4.69) is 0 Å². The fourth-order valence-electron chi connectivity index (χ4n) is 2.41. The molecule has 0 radical (unpaired) electrons. The van der Waals surface area contributed by atoms with Crippen molar-refractivity contribution in [2.45, 2.75) is 12.7 Å². The van der Waals surface area contributed by atoms with Gasteiger partial charge in [0.25, 0.3) is 0 Å². The van der Waals surface area contributed by atoms with Gasteiger partial charge in [-0.05, 0) is 47.0 Å². The zero-order chi connectivity index (χ0) is 17.3. The van der Waals surface area contributed by atoms with Gasteiger partial charge in [-0.3, -0.25) is 0 Å². The first-order valence-corrected chi connectivity index (χ1v) is 7.86. The number of benzene rings is 2. The van der Waals surface area contributed by atoms with Crippen molar-refractivity contribution in [3.8, 4) is 11.1 Å². The molecule has 1 heterocycles. The van der Waals surface area contributed by atoms with Gasteiger partial charge in [-0.25, -0.2) is 0 Å². The second kappa shape index (κ2) is 6.54. The molecule has 0 saturated heterocycles. The number of rotatable bonds is 3. The molecule has 1 aromatic heterocycles. The van der Waals surface area contributed by atoms with Crippen LogP contribution in [0.5, 0.6) is 0 Å². The fourth-order valence-corrected chi connectivity index (χ4v) is 2.73. The molecule has 0 unspecified atom stereocenters. The molecule has 1 nitrogen and oxygen atoms in total. The lowest BCUT2D eigenvalue weighted by molar-refractivity contribution is -0.137. The Hall–Kier alpha value is -1.91. The van der Waals surface area contributed by atoms with Crippen LogP contribution in [0.3, 0.4) is 0 Å². The highest BCUT2D eigenvalue weighted by Gasteiger charge is 2.29. The number of halogens is 5. The summed E-state index contributed by atoms with van der Waals surface area (Å²) in [6, 6.07) is 12.4. The predicted molar refractivity (Wildman–Crippen MR) is 90.4 cm³/mol. The standard InChI is InChI=1S/C18H12Cl2F3N/c19-16-6-1-12(9-17(16)20)10-24-8-7-14(11-24)13-2-4-15(5-3-13)18(21,22)23/h1-9,11H,10H2. The summed E-state index contributed by atoms with van der Waals surface area (Å²) in [6.45, 7) is 0.595. The van der Waals surface area contributed by atoms with Gasteiger partial charge in [0.2, 0.25) is 0 Å². The molecule has 0 spiro atoms. The van der Waals surface area contributed by atoms with Crippen molar-refractivity contribution in [2.24, 2.45) is 0 Å². The van der Waals surface area contributed by atoms with E-state index in [0.29, 0.717) is 16.6 Å². The minimum Gasteiger partial charge on any atom is -0.349 e. The monoisotopic (exact) mass is 369 g/mol. The Kier molecular flexibility index (Phi) is 4.61. The Morgan fingerprint density at radius 2 is 1.54 bits per heavy atom. The maximum atomic E-state index is 12.6. The predicted octanol–water partition coefficient (Wildman–Crippen LogP) is 6.53. The van der Waals surface area contributed by atoms with E-state index in [1.54, 1.807) is 12.1 Å². The molecule has 3 rings (SSSR count). The highest BCUT2D eigenvalue weighted by atomic mass is 35.5. The summed E-state index contributed by atoms with van der Waals surface area (Å²) in [5, 5.41) is 0.989. The first kappa shape index (κ1) is 16.9. The summed E-state index contributed by atoms with van der Waals surface area (Å²) in [7, 11) is 0. The maximum Gasteiger partial charge on any atom is 0.416 e. The fraction of sp³-hybridized carbons (Fsp3) is 0.111. The molecular formula is C18H12Cl2F3N. The Balaban J connectivity index is 1.79. The molecule has 0 fully saturated rings. The molecule has 2 aromatic carbocycles. The molecule has 0 aliphatic rings. The highest BCUT2D eigenvalue weighted by molar-refractivity contribution is 6.42. The molecule has 24 heavy (non-hydrogen) atoms. The van der Waals surface area contributed by atoms with E-state index in [1.165, 1.54) is 12.1 Å². The SMILES string of the molecule is FC(F)(F)c1ccc(-c2ccn(Cc3ccc(Cl)c(Cl)c3)c2)cc1. The van der Waals surface area contributed by atoms with Crippen molar-refractivity contribution in [3.05, 3.63) is 82.1 Å². The topological polar surface area (TPSA) is 4.93 Å². The number of hydrogen-bond donors (Lipinski definition) is 0. The minimum atomic E-state index is -4.32. The summed E-state index contributed by atoms with van der Waals surface area (Å²) in [5.74, 6) is 0. The molecule has 0 saturated carbocycles. The van der Waals surface area contributed by atoms with Gasteiger partial charge in [-0.2, -0.15) is 13.2 Å². The Labute approximate surface area is 147 Å². The summed E-state index contributed by atoms with van der Waals surface area (Å²) in [6.07, 6.45) is -0.571. The first-order valence-electron chi connectivity index (χ1n) is 7.10. The van der Waals surface area contributed by atoms with Gasteiger partial charge in [0.05, 0.1) is 15.6 Å². The molecule has 3 aromatic rings. The third-order valence-electron chi connectivity index (χ3n) is 3.65. The van der Waals surface area contributed by atoms with Crippen LogP contribution in [-0.2, 0) is 12.7 Å². The van der Waals surface area contributed by atoms with Gasteiger partial charge < -0.3 is 4.57 Å². The van der Waals surface area contributed by atoms with Gasteiger partial charge in [0.15, 0.2) is 0 Å². The van der Waals surface area contributed by atoms with E-state index in [9.17, 15) is 13.2 Å². The average molecular weight is 370 g/mol. The van der Waals surface area contributed by atoms with E-state index in [4.69, 9.17) is 23.2 Å². The quantitative estimate of drug-likeness (QED) is 0.494. The third kappa shape index (κ3) is 3.77. The second-order valence-corrected chi connectivity index (χ2v) is 6.21. The zero-order valence-electron chi connectivity index (χ0n) is 12.3. The van der Waals surface area contributed by atoms with Gasteiger partial charge >= 0.3 is 6.18 Å². The van der Waals surface area contributed by atoms with Crippen molar-refractivity contribution in [2.75, 3.05) is 0 Å². The van der Waals surface area contributed by atoms with E-state index < -0.39 is 11.7 Å². The largest absolute Gasteiger partial charge is 0.416 e. The van der Waals surface area contributed by atoms with E-state index in [1.807, 2.05) is 29.1 Å². The summed E-state index contributed by atoms with van der Waals surface area (Å²) >= 11 is 11.9. The van der Waals surface area contributed by atoms with Crippen molar-refractivity contribution in [1.29, 1.82) is 0 Å². The van der Waals surface area contributed by atoms with Crippen molar-refractivity contribution in [3.63, 3.8) is 0 Å². The maximum absolute atomic E-state index is 12.6.